The average molecular weight is 396 g/mol. The van der Waals surface area contributed by atoms with Crippen molar-refractivity contribution in [2.24, 2.45) is 0 Å². The SMILES string of the molecule is CC(C)c1nc2oc3c(NC[C@@H]4CCCO4)ncnc3c2c2c1COC(C)(C)C2. The average Bonchev–Trinajstić information content (AvgIpc) is 3.32. The third-order valence-electron chi connectivity index (χ3n) is 5.93. The van der Waals surface area contributed by atoms with E-state index < -0.39 is 0 Å². The van der Waals surface area contributed by atoms with Crippen LogP contribution < -0.4 is 5.32 Å². The first-order valence-corrected chi connectivity index (χ1v) is 10.5. The van der Waals surface area contributed by atoms with E-state index in [1.165, 1.54) is 11.1 Å². The minimum atomic E-state index is -0.229. The number of hydrogen-bond donors (Lipinski definition) is 1. The van der Waals surface area contributed by atoms with Crippen LogP contribution in [0.3, 0.4) is 0 Å². The van der Waals surface area contributed by atoms with Gasteiger partial charge in [0.1, 0.15) is 11.8 Å². The number of anilines is 1. The van der Waals surface area contributed by atoms with E-state index in [0.717, 1.165) is 42.5 Å². The molecule has 0 amide bonds. The van der Waals surface area contributed by atoms with Crippen molar-refractivity contribution < 1.29 is 13.9 Å². The molecule has 0 aliphatic carbocycles. The normalized spacial score (nSPS) is 21.2. The second-order valence-electron chi connectivity index (χ2n) is 9.03. The molecule has 1 atom stereocenters. The van der Waals surface area contributed by atoms with Crippen LogP contribution >= 0.6 is 0 Å². The van der Waals surface area contributed by atoms with Gasteiger partial charge in [0.05, 0.1) is 29.4 Å². The molecule has 2 aliphatic heterocycles. The Balaban J connectivity index is 1.66. The first-order chi connectivity index (χ1) is 13.9. The molecule has 0 aromatic carbocycles. The third kappa shape index (κ3) is 3.26. The molecule has 3 aromatic rings. The van der Waals surface area contributed by atoms with E-state index in [1.54, 1.807) is 6.33 Å². The highest BCUT2D eigenvalue weighted by atomic mass is 16.5. The first-order valence-electron chi connectivity index (χ1n) is 10.5. The van der Waals surface area contributed by atoms with Crippen LogP contribution in [0.25, 0.3) is 22.2 Å². The standard InChI is InChI=1S/C22H28N4O3/c1-12(2)17-15-10-28-22(3,4)8-14(15)16-18-19(29-21(16)26-17)20(25-11-24-18)23-9-13-6-5-7-27-13/h11-13H,5-10H2,1-4H3,(H,23,24,25)/t13-/m0/s1. The van der Waals surface area contributed by atoms with Gasteiger partial charge in [0.25, 0.3) is 0 Å². The van der Waals surface area contributed by atoms with Gasteiger partial charge in [0.15, 0.2) is 11.4 Å². The highest BCUT2D eigenvalue weighted by Crippen LogP contribution is 2.40. The van der Waals surface area contributed by atoms with Crippen molar-refractivity contribution in [3.8, 4) is 0 Å². The molecule has 0 saturated carbocycles. The fraction of sp³-hybridized carbons (Fsp3) is 0.591. The van der Waals surface area contributed by atoms with E-state index in [2.05, 4.69) is 43.0 Å². The number of nitrogens with zero attached hydrogens (tertiary/aromatic N) is 3. The van der Waals surface area contributed by atoms with Gasteiger partial charge in [0.2, 0.25) is 5.71 Å². The Bertz CT molecular complexity index is 1070. The van der Waals surface area contributed by atoms with Crippen LogP contribution in [0.5, 0.6) is 0 Å². The van der Waals surface area contributed by atoms with Crippen LogP contribution in [0.2, 0.25) is 0 Å². The lowest BCUT2D eigenvalue weighted by Gasteiger charge is -2.33. The highest BCUT2D eigenvalue weighted by molar-refractivity contribution is 6.06. The predicted molar refractivity (Wildman–Crippen MR) is 111 cm³/mol. The predicted octanol–water partition coefficient (Wildman–Crippen LogP) is 4.34. The van der Waals surface area contributed by atoms with E-state index >= 15 is 0 Å². The highest BCUT2D eigenvalue weighted by Gasteiger charge is 2.33. The maximum Gasteiger partial charge on any atom is 0.229 e. The zero-order chi connectivity index (χ0) is 20.2. The van der Waals surface area contributed by atoms with Crippen molar-refractivity contribution >= 4 is 28.0 Å². The Morgan fingerprint density at radius 3 is 2.86 bits per heavy atom. The maximum absolute atomic E-state index is 6.24. The van der Waals surface area contributed by atoms with E-state index in [4.69, 9.17) is 18.9 Å². The number of aromatic nitrogens is 3. The molecule has 154 valence electrons. The minimum Gasteiger partial charge on any atom is -0.432 e. The van der Waals surface area contributed by atoms with Crippen LogP contribution in [-0.2, 0) is 22.5 Å². The number of furan rings is 1. The van der Waals surface area contributed by atoms with Gasteiger partial charge in [-0.25, -0.2) is 15.0 Å². The quantitative estimate of drug-likeness (QED) is 0.702. The summed E-state index contributed by atoms with van der Waals surface area (Å²) in [4.78, 5) is 13.9. The Morgan fingerprint density at radius 2 is 2.10 bits per heavy atom. The van der Waals surface area contributed by atoms with Gasteiger partial charge in [0, 0.05) is 25.1 Å². The summed E-state index contributed by atoms with van der Waals surface area (Å²) in [6.07, 6.45) is 4.81. The Hall–Kier alpha value is -2.25. The minimum absolute atomic E-state index is 0.223. The molecule has 3 aromatic heterocycles. The third-order valence-corrected chi connectivity index (χ3v) is 5.93. The van der Waals surface area contributed by atoms with Crippen molar-refractivity contribution in [2.75, 3.05) is 18.5 Å². The lowest BCUT2D eigenvalue weighted by molar-refractivity contribution is -0.0402. The molecule has 5 heterocycles. The molecule has 1 saturated heterocycles. The molecule has 0 spiro atoms. The summed E-state index contributed by atoms with van der Waals surface area (Å²) in [7, 11) is 0. The Labute approximate surface area is 170 Å². The van der Waals surface area contributed by atoms with E-state index in [0.29, 0.717) is 30.3 Å². The van der Waals surface area contributed by atoms with Gasteiger partial charge in [-0.2, -0.15) is 0 Å². The van der Waals surface area contributed by atoms with Crippen LogP contribution in [0, 0.1) is 0 Å². The summed E-state index contributed by atoms with van der Waals surface area (Å²) in [5, 5.41) is 4.40. The van der Waals surface area contributed by atoms with Crippen molar-refractivity contribution in [3.05, 3.63) is 23.1 Å². The smallest absolute Gasteiger partial charge is 0.229 e. The summed E-state index contributed by atoms with van der Waals surface area (Å²) >= 11 is 0. The van der Waals surface area contributed by atoms with Gasteiger partial charge in [-0.05, 0) is 38.2 Å². The largest absolute Gasteiger partial charge is 0.432 e. The number of hydrogen-bond acceptors (Lipinski definition) is 7. The monoisotopic (exact) mass is 396 g/mol. The molecule has 0 unspecified atom stereocenters. The number of rotatable bonds is 4. The van der Waals surface area contributed by atoms with E-state index in [1.807, 2.05) is 0 Å². The summed E-state index contributed by atoms with van der Waals surface area (Å²) in [5.74, 6) is 0.990. The molecule has 1 fully saturated rings. The number of ether oxygens (including phenoxy) is 2. The Kier molecular flexibility index (Phi) is 4.47. The number of nitrogens with one attached hydrogen (secondary N) is 1. The molecule has 0 radical (unpaired) electrons. The molecule has 1 N–H and O–H groups in total. The zero-order valence-electron chi connectivity index (χ0n) is 17.5. The fourth-order valence-corrected chi connectivity index (χ4v) is 4.45. The molecule has 7 nitrogen and oxygen atoms in total. The van der Waals surface area contributed by atoms with Crippen molar-refractivity contribution in [2.45, 2.75) is 71.2 Å². The van der Waals surface area contributed by atoms with Crippen molar-refractivity contribution in [1.29, 1.82) is 0 Å². The molecule has 2 aliphatic rings. The second kappa shape index (κ2) is 6.92. The lowest BCUT2D eigenvalue weighted by atomic mass is 9.87. The van der Waals surface area contributed by atoms with Gasteiger partial charge in [-0.3, -0.25) is 0 Å². The summed E-state index contributed by atoms with van der Waals surface area (Å²) in [6, 6.07) is 0. The van der Waals surface area contributed by atoms with Gasteiger partial charge >= 0.3 is 0 Å². The molecular weight excluding hydrogens is 368 g/mol. The number of pyridine rings is 1. The van der Waals surface area contributed by atoms with Crippen molar-refractivity contribution in [3.63, 3.8) is 0 Å². The maximum atomic E-state index is 6.24. The first kappa shape index (κ1) is 18.8. The molecule has 29 heavy (non-hydrogen) atoms. The number of fused-ring (bicyclic) bond motifs is 5. The van der Waals surface area contributed by atoms with Gasteiger partial charge in [-0.1, -0.05) is 13.8 Å². The topological polar surface area (TPSA) is 82.3 Å². The zero-order valence-corrected chi connectivity index (χ0v) is 17.5. The summed E-state index contributed by atoms with van der Waals surface area (Å²) in [6.45, 7) is 10.7. The molecule has 7 heteroatoms. The lowest BCUT2D eigenvalue weighted by Crippen LogP contribution is -2.33. The second-order valence-corrected chi connectivity index (χ2v) is 9.03. The molecule has 0 bridgehead atoms. The van der Waals surface area contributed by atoms with Gasteiger partial charge in [-0.15, -0.1) is 0 Å². The van der Waals surface area contributed by atoms with Crippen molar-refractivity contribution in [1.82, 2.24) is 15.0 Å². The van der Waals surface area contributed by atoms with E-state index in [-0.39, 0.29) is 17.6 Å². The Morgan fingerprint density at radius 1 is 1.24 bits per heavy atom. The van der Waals surface area contributed by atoms with Crippen LogP contribution in [-0.4, -0.2) is 39.8 Å². The van der Waals surface area contributed by atoms with Crippen LogP contribution in [0.15, 0.2) is 10.7 Å². The van der Waals surface area contributed by atoms with E-state index in [9.17, 15) is 0 Å². The molecular formula is C22H28N4O3. The fourth-order valence-electron chi connectivity index (χ4n) is 4.45. The molecule has 5 rings (SSSR count). The summed E-state index contributed by atoms with van der Waals surface area (Å²) < 4.78 is 18.1. The summed E-state index contributed by atoms with van der Waals surface area (Å²) in [5.41, 5.74) is 5.37. The van der Waals surface area contributed by atoms with Gasteiger partial charge < -0.3 is 19.2 Å². The van der Waals surface area contributed by atoms with Crippen LogP contribution in [0.4, 0.5) is 5.82 Å². The van der Waals surface area contributed by atoms with Crippen LogP contribution in [0.1, 0.15) is 63.3 Å².